The van der Waals surface area contributed by atoms with E-state index in [1.165, 1.54) is 6.07 Å². The maximum absolute atomic E-state index is 13.3. The fourth-order valence-electron chi connectivity index (χ4n) is 1.38. The normalized spacial score (nSPS) is 18.0. The third-order valence-electron chi connectivity index (χ3n) is 2.03. The summed E-state index contributed by atoms with van der Waals surface area (Å²) in [6.45, 7) is 2.99. The second-order valence-electron chi connectivity index (χ2n) is 3.10. The van der Waals surface area contributed by atoms with Crippen LogP contribution >= 0.6 is 0 Å². The molecule has 0 bridgehead atoms. The molecule has 1 aliphatic heterocycles. The molecule has 0 saturated carbocycles. The average Bonchev–Trinajstić information content (AvgIpc) is 2.61. The van der Waals surface area contributed by atoms with Crippen LogP contribution in [0.3, 0.4) is 0 Å². The second-order valence-corrected chi connectivity index (χ2v) is 3.10. The van der Waals surface area contributed by atoms with Crippen molar-refractivity contribution in [2.75, 3.05) is 13.2 Å². The molecule has 1 heterocycles. The summed E-state index contributed by atoms with van der Waals surface area (Å²) in [5.41, 5.74) is 1.51. The van der Waals surface area contributed by atoms with Gasteiger partial charge in [-0.15, -0.1) is 0 Å². The number of hydrogen-bond donors (Lipinski definition) is 0. The van der Waals surface area contributed by atoms with Crippen molar-refractivity contribution in [1.82, 2.24) is 0 Å². The van der Waals surface area contributed by atoms with Crippen molar-refractivity contribution >= 4 is 0 Å². The Kier molecular flexibility index (Phi) is 2.29. The summed E-state index contributed by atoms with van der Waals surface area (Å²) >= 11 is 0. The SMILES string of the molecule is Cc1ccc(F)c(C2OCCO2)c1. The average molecular weight is 182 g/mol. The summed E-state index contributed by atoms with van der Waals surface area (Å²) in [6.07, 6.45) is -0.514. The predicted molar refractivity (Wildman–Crippen MR) is 45.8 cm³/mol. The molecule has 1 aliphatic rings. The van der Waals surface area contributed by atoms with E-state index in [1.807, 2.05) is 6.92 Å². The zero-order valence-corrected chi connectivity index (χ0v) is 7.42. The smallest absolute Gasteiger partial charge is 0.186 e. The van der Waals surface area contributed by atoms with Crippen molar-refractivity contribution in [2.45, 2.75) is 13.2 Å². The molecule has 2 nitrogen and oxygen atoms in total. The molecule has 3 heteroatoms. The Balaban J connectivity index is 2.32. The molecular formula is C10H11FO2. The van der Waals surface area contributed by atoms with Crippen molar-refractivity contribution in [3.63, 3.8) is 0 Å². The van der Waals surface area contributed by atoms with Crippen molar-refractivity contribution in [3.05, 3.63) is 35.1 Å². The van der Waals surface area contributed by atoms with Crippen LogP contribution in [0.4, 0.5) is 4.39 Å². The van der Waals surface area contributed by atoms with E-state index in [0.717, 1.165) is 5.56 Å². The summed E-state index contributed by atoms with van der Waals surface area (Å²) in [4.78, 5) is 0. The molecule has 0 spiro atoms. The molecule has 0 N–H and O–H groups in total. The van der Waals surface area contributed by atoms with Crippen LogP contribution in [0.25, 0.3) is 0 Å². The van der Waals surface area contributed by atoms with E-state index in [0.29, 0.717) is 18.8 Å². The predicted octanol–water partition coefficient (Wildman–Crippen LogP) is 2.18. The summed E-state index contributed by atoms with van der Waals surface area (Å²) in [7, 11) is 0. The Morgan fingerprint density at radius 2 is 2.00 bits per heavy atom. The first kappa shape index (κ1) is 8.66. The van der Waals surface area contributed by atoms with Gasteiger partial charge < -0.3 is 9.47 Å². The fourth-order valence-corrected chi connectivity index (χ4v) is 1.38. The maximum Gasteiger partial charge on any atom is 0.186 e. The zero-order valence-electron chi connectivity index (χ0n) is 7.42. The van der Waals surface area contributed by atoms with Gasteiger partial charge in [-0.05, 0) is 19.1 Å². The third kappa shape index (κ3) is 1.71. The van der Waals surface area contributed by atoms with Crippen LogP contribution in [0.2, 0.25) is 0 Å². The standard InChI is InChI=1S/C10H11FO2/c1-7-2-3-9(11)8(6-7)10-12-4-5-13-10/h2-3,6,10H,4-5H2,1H3. The van der Waals surface area contributed by atoms with Crippen LogP contribution in [-0.2, 0) is 9.47 Å². The Bertz CT molecular complexity index is 306. The molecule has 2 rings (SSSR count). The van der Waals surface area contributed by atoms with E-state index in [-0.39, 0.29) is 5.82 Å². The molecule has 0 aromatic heterocycles. The highest BCUT2D eigenvalue weighted by Gasteiger charge is 2.21. The quantitative estimate of drug-likeness (QED) is 0.662. The second kappa shape index (κ2) is 3.44. The summed E-state index contributed by atoms with van der Waals surface area (Å²) in [6, 6.07) is 4.93. The van der Waals surface area contributed by atoms with Gasteiger partial charge in [0, 0.05) is 5.56 Å². The van der Waals surface area contributed by atoms with Crippen molar-refractivity contribution < 1.29 is 13.9 Å². The summed E-state index contributed by atoms with van der Waals surface area (Å²) < 4.78 is 23.7. The largest absolute Gasteiger partial charge is 0.346 e. The first-order valence-electron chi connectivity index (χ1n) is 4.26. The molecule has 0 atom stereocenters. The highest BCUT2D eigenvalue weighted by molar-refractivity contribution is 5.25. The minimum atomic E-state index is -0.514. The Morgan fingerprint density at radius 1 is 1.31 bits per heavy atom. The van der Waals surface area contributed by atoms with Gasteiger partial charge in [0.05, 0.1) is 13.2 Å². The van der Waals surface area contributed by atoms with Crippen molar-refractivity contribution in [1.29, 1.82) is 0 Å². The molecule has 13 heavy (non-hydrogen) atoms. The van der Waals surface area contributed by atoms with Gasteiger partial charge in [-0.3, -0.25) is 0 Å². The highest BCUT2D eigenvalue weighted by Crippen LogP contribution is 2.26. The lowest BCUT2D eigenvalue weighted by Gasteiger charge is -2.10. The Labute approximate surface area is 76.3 Å². The molecule has 1 fully saturated rings. The number of rotatable bonds is 1. The molecule has 1 saturated heterocycles. The van der Waals surface area contributed by atoms with Crippen LogP contribution in [0.1, 0.15) is 17.4 Å². The van der Waals surface area contributed by atoms with Gasteiger partial charge in [-0.25, -0.2) is 4.39 Å². The van der Waals surface area contributed by atoms with Gasteiger partial charge in [0.15, 0.2) is 6.29 Å². The first-order chi connectivity index (χ1) is 6.27. The van der Waals surface area contributed by atoms with Crippen LogP contribution in [-0.4, -0.2) is 13.2 Å². The van der Waals surface area contributed by atoms with Gasteiger partial charge in [-0.1, -0.05) is 11.6 Å². The maximum atomic E-state index is 13.3. The number of benzene rings is 1. The molecule has 0 amide bonds. The third-order valence-corrected chi connectivity index (χ3v) is 2.03. The molecule has 0 aliphatic carbocycles. The first-order valence-corrected chi connectivity index (χ1v) is 4.26. The van der Waals surface area contributed by atoms with E-state index in [2.05, 4.69) is 0 Å². The van der Waals surface area contributed by atoms with Gasteiger partial charge in [0.25, 0.3) is 0 Å². The molecule has 70 valence electrons. The van der Waals surface area contributed by atoms with Gasteiger partial charge in [0.2, 0.25) is 0 Å². The molecule has 1 aromatic rings. The Morgan fingerprint density at radius 3 is 2.69 bits per heavy atom. The summed E-state index contributed by atoms with van der Waals surface area (Å²) in [5, 5.41) is 0. The van der Waals surface area contributed by atoms with Crippen molar-refractivity contribution in [2.24, 2.45) is 0 Å². The topological polar surface area (TPSA) is 18.5 Å². The van der Waals surface area contributed by atoms with Crippen molar-refractivity contribution in [3.8, 4) is 0 Å². The molecule has 0 radical (unpaired) electrons. The van der Waals surface area contributed by atoms with Crippen LogP contribution in [0.15, 0.2) is 18.2 Å². The zero-order chi connectivity index (χ0) is 9.26. The van der Waals surface area contributed by atoms with E-state index < -0.39 is 6.29 Å². The minimum Gasteiger partial charge on any atom is -0.346 e. The van der Waals surface area contributed by atoms with Gasteiger partial charge in [0.1, 0.15) is 5.82 Å². The van der Waals surface area contributed by atoms with Crippen LogP contribution < -0.4 is 0 Å². The number of aryl methyl sites for hydroxylation is 1. The highest BCUT2D eigenvalue weighted by atomic mass is 19.1. The fraction of sp³-hybridized carbons (Fsp3) is 0.400. The molecule has 1 aromatic carbocycles. The number of ether oxygens (including phenoxy) is 2. The number of hydrogen-bond acceptors (Lipinski definition) is 2. The number of halogens is 1. The monoisotopic (exact) mass is 182 g/mol. The summed E-state index contributed by atoms with van der Waals surface area (Å²) in [5.74, 6) is -0.266. The van der Waals surface area contributed by atoms with Gasteiger partial charge in [-0.2, -0.15) is 0 Å². The van der Waals surface area contributed by atoms with E-state index >= 15 is 0 Å². The lowest BCUT2D eigenvalue weighted by Crippen LogP contribution is -2.01. The molecule has 0 unspecified atom stereocenters. The van der Waals surface area contributed by atoms with Gasteiger partial charge >= 0.3 is 0 Å². The molecular weight excluding hydrogens is 171 g/mol. The van der Waals surface area contributed by atoms with E-state index in [4.69, 9.17) is 9.47 Å². The van der Waals surface area contributed by atoms with E-state index in [1.54, 1.807) is 12.1 Å². The Hall–Kier alpha value is -0.930. The lowest BCUT2D eigenvalue weighted by atomic mass is 10.1. The van der Waals surface area contributed by atoms with Crippen LogP contribution in [0, 0.1) is 12.7 Å². The van der Waals surface area contributed by atoms with Crippen LogP contribution in [0.5, 0.6) is 0 Å². The van der Waals surface area contributed by atoms with E-state index in [9.17, 15) is 4.39 Å². The lowest BCUT2D eigenvalue weighted by molar-refractivity contribution is -0.0465. The minimum absolute atomic E-state index is 0.266.